The van der Waals surface area contributed by atoms with E-state index in [1.807, 2.05) is 11.8 Å². The fourth-order valence-corrected chi connectivity index (χ4v) is 6.42. The second-order valence-electron chi connectivity index (χ2n) is 9.47. The average Bonchev–Trinajstić information content (AvgIpc) is 3.22. The Morgan fingerprint density at radius 3 is 2.82 bits per heavy atom. The molecule has 0 bridgehead atoms. The van der Waals surface area contributed by atoms with Gasteiger partial charge in [-0.25, -0.2) is 4.98 Å². The van der Waals surface area contributed by atoms with E-state index in [0.29, 0.717) is 26.2 Å². The number of nitrogens with one attached hydrogen (secondary N) is 1. The number of hydrogen-bond donors (Lipinski definition) is 1. The summed E-state index contributed by atoms with van der Waals surface area (Å²) in [6.07, 6.45) is 7.37. The van der Waals surface area contributed by atoms with Gasteiger partial charge in [-0.05, 0) is 57.4 Å². The normalized spacial score (nSPS) is 22.9. The summed E-state index contributed by atoms with van der Waals surface area (Å²) in [7, 11) is 0. The minimum Gasteiger partial charge on any atom is -0.376 e. The van der Waals surface area contributed by atoms with Gasteiger partial charge in [-0.3, -0.25) is 14.5 Å². The fourth-order valence-electron chi connectivity index (χ4n) is 5.14. The van der Waals surface area contributed by atoms with Gasteiger partial charge in [0.05, 0.1) is 24.6 Å². The predicted octanol–water partition coefficient (Wildman–Crippen LogP) is 2.48. The van der Waals surface area contributed by atoms with Crippen molar-refractivity contribution < 1.29 is 14.3 Å². The quantitative estimate of drug-likeness (QED) is 0.692. The Labute approximate surface area is 198 Å². The van der Waals surface area contributed by atoms with Gasteiger partial charge in [0.15, 0.2) is 0 Å². The van der Waals surface area contributed by atoms with Gasteiger partial charge in [0.25, 0.3) is 11.5 Å². The molecule has 3 aliphatic rings. The van der Waals surface area contributed by atoms with Crippen LogP contribution in [0, 0.1) is 0 Å². The van der Waals surface area contributed by atoms with Crippen LogP contribution in [0.3, 0.4) is 0 Å². The number of aryl methyl sites for hydroxylation is 2. The highest BCUT2D eigenvalue weighted by Crippen LogP contribution is 2.33. The van der Waals surface area contributed by atoms with Crippen molar-refractivity contribution >= 4 is 27.5 Å². The number of fused-ring (bicyclic) bond motifs is 3. The standard InChI is InChI=1S/C24H34N4O4S/c1-16(32-15-17-6-4-5-13-31-17)24(30)28-11-9-27(10-12-28)14-20-25-22(29)21-18-7-2-3-8-19(18)33-23(21)26-20/h16-17H,2-15H2,1H3,(H,25,26,29). The molecule has 0 saturated carbocycles. The molecule has 2 aliphatic heterocycles. The summed E-state index contributed by atoms with van der Waals surface area (Å²) in [4.78, 5) is 39.8. The molecular formula is C24H34N4O4S. The predicted molar refractivity (Wildman–Crippen MR) is 128 cm³/mol. The SMILES string of the molecule is CC(OCC1CCCCO1)C(=O)N1CCN(Cc2nc3sc4c(c3c(=O)[nH]2)CCCC4)CC1. The molecule has 2 fully saturated rings. The minimum atomic E-state index is -0.452. The lowest BCUT2D eigenvalue weighted by molar-refractivity contribution is -0.147. The van der Waals surface area contributed by atoms with Crippen LogP contribution in [0.4, 0.5) is 0 Å². The van der Waals surface area contributed by atoms with E-state index in [0.717, 1.165) is 67.8 Å². The van der Waals surface area contributed by atoms with Crippen LogP contribution in [0.5, 0.6) is 0 Å². The summed E-state index contributed by atoms with van der Waals surface area (Å²) in [6.45, 7) is 6.54. The summed E-state index contributed by atoms with van der Waals surface area (Å²) >= 11 is 1.69. The Morgan fingerprint density at radius 2 is 2.03 bits per heavy atom. The highest BCUT2D eigenvalue weighted by Gasteiger charge is 2.27. The molecule has 1 amide bonds. The fraction of sp³-hybridized carbons (Fsp3) is 0.708. The van der Waals surface area contributed by atoms with E-state index in [1.54, 1.807) is 11.3 Å². The lowest BCUT2D eigenvalue weighted by Gasteiger charge is -2.35. The van der Waals surface area contributed by atoms with Crippen LogP contribution >= 0.6 is 11.3 Å². The molecule has 4 heterocycles. The number of aromatic nitrogens is 2. The zero-order chi connectivity index (χ0) is 22.8. The van der Waals surface area contributed by atoms with Crippen molar-refractivity contribution in [1.82, 2.24) is 19.8 Å². The van der Waals surface area contributed by atoms with Gasteiger partial charge in [-0.1, -0.05) is 0 Å². The monoisotopic (exact) mass is 474 g/mol. The van der Waals surface area contributed by atoms with Crippen molar-refractivity contribution in [3.63, 3.8) is 0 Å². The van der Waals surface area contributed by atoms with E-state index in [9.17, 15) is 9.59 Å². The van der Waals surface area contributed by atoms with Crippen LogP contribution in [0.15, 0.2) is 4.79 Å². The molecule has 0 spiro atoms. The Morgan fingerprint density at radius 1 is 1.21 bits per heavy atom. The first-order valence-corrected chi connectivity index (χ1v) is 13.2. The number of ether oxygens (including phenoxy) is 2. The molecule has 9 heteroatoms. The van der Waals surface area contributed by atoms with E-state index in [1.165, 1.54) is 23.3 Å². The molecular weight excluding hydrogens is 440 g/mol. The Balaban J connectivity index is 1.14. The number of rotatable bonds is 6. The molecule has 2 aromatic rings. The molecule has 2 atom stereocenters. The van der Waals surface area contributed by atoms with Crippen molar-refractivity contribution in [1.29, 1.82) is 0 Å². The van der Waals surface area contributed by atoms with E-state index >= 15 is 0 Å². The Kier molecular flexibility index (Phi) is 7.10. The number of thiophene rings is 1. The maximum atomic E-state index is 12.8. The van der Waals surface area contributed by atoms with Crippen LogP contribution in [-0.2, 0) is 33.7 Å². The van der Waals surface area contributed by atoms with E-state index in [2.05, 4.69) is 9.88 Å². The topological polar surface area (TPSA) is 87.8 Å². The second kappa shape index (κ2) is 10.2. The molecule has 5 rings (SSSR count). The first-order chi connectivity index (χ1) is 16.1. The van der Waals surface area contributed by atoms with Gasteiger partial charge in [-0.2, -0.15) is 0 Å². The van der Waals surface area contributed by atoms with Crippen molar-refractivity contribution in [3.05, 3.63) is 26.6 Å². The van der Waals surface area contributed by atoms with Crippen LogP contribution in [0.1, 0.15) is 55.3 Å². The van der Waals surface area contributed by atoms with Crippen molar-refractivity contribution in [2.75, 3.05) is 39.4 Å². The molecule has 2 unspecified atom stereocenters. The number of carbonyl (C=O) groups is 1. The smallest absolute Gasteiger partial charge is 0.259 e. The highest BCUT2D eigenvalue weighted by atomic mass is 32.1. The summed E-state index contributed by atoms with van der Waals surface area (Å²) in [5.74, 6) is 0.762. The van der Waals surface area contributed by atoms with Crippen molar-refractivity contribution in [2.24, 2.45) is 0 Å². The molecule has 0 aromatic carbocycles. The van der Waals surface area contributed by atoms with Crippen molar-refractivity contribution in [2.45, 2.75) is 70.6 Å². The lowest BCUT2D eigenvalue weighted by Crippen LogP contribution is -2.51. The number of H-pyrrole nitrogens is 1. The number of aromatic amines is 1. The number of piperazine rings is 1. The second-order valence-corrected chi connectivity index (χ2v) is 10.6. The van der Waals surface area contributed by atoms with Gasteiger partial charge >= 0.3 is 0 Å². The maximum absolute atomic E-state index is 12.8. The number of amides is 1. The average molecular weight is 475 g/mol. The lowest BCUT2D eigenvalue weighted by atomic mass is 9.97. The first kappa shape index (κ1) is 23.0. The zero-order valence-electron chi connectivity index (χ0n) is 19.4. The van der Waals surface area contributed by atoms with E-state index < -0.39 is 6.10 Å². The molecule has 8 nitrogen and oxygen atoms in total. The molecule has 180 valence electrons. The molecule has 1 N–H and O–H groups in total. The van der Waals surface area contributed by atoms with Crippen LogP contribution < -0.4 is 5.56 Å². The largest absolute Gasteiger partial charge is 0.376 e. The Bertz CT molecular complexity index is 1040. The zero-order valence-corrected chi connectivity index (χ0v) is 20.3. The molecule has 1 aliphatic carbocycles. The summed E-state index contributed by atoms with van der Waals surface area (Å²) in [5.41, 5.74) is 1.22. The summed E-state index contributed by atoms with van der Waals surface area (Å²) < 4.78 is 11.5. The minimum absolute atomic E-state index is 0.00358. The number of carbonyl (C=O) groups excluding carboxylic acids is 1. The van der Waals surface area contributed by atoms with Crippen LogP contribution in [0.2, 0.25) is 0 Å². The molecule has 2 aromatic heterocycles. The summed E-state index contributed by atoms with van der Waals surface area (Å²) in [5, 5.41) is 0.807. The third-order valence-corrected chi connectivity index (χ3v) is 8.27. The van der Waals surface area contributed by atoms with Gasteiger partial charge < -0.3 is 19.4 Å². The maximum Gasteiger partial charge on any atom is 0.259 e. The number of hydrogen-bond acceptors (Lipinski definition) is 7. The first-order valence-electron chi connectivity index (χ1n) is 12.4. The summed E-state index contributed by atoms with van der Waals surface area (Å²) in [6, 6.07) is 0. The van der Waals surface area contributed by atoms with Crippen molar-refractivity contribution in [3.8, 4) is 0 Å². The molecule has 0 radical (unpaired) electrons. The van der Waals surface area contributed by atoms with Crippen LogP contribution in [0.25, 0.3) is 10.2 Å². The van der Waals surface area contributed by atoms with Gasteiger partial charge in [0, 0.05) is 37.7 Å². The van der Waals surface area contributed by atoms with Gasteiger partial charge in [0.1, 0.15) is 16.8 Å². The Hall–Kier alpha value is -1.81. The molecule has 33 heavy (non-hydrogen) atoms. The van der Waals surface area contributed by atoms with E-state index in [4.69, 9.17) is 14.5 Å². The van der Waals surface area contributed by atoms with E-state index in [-0.39, 0.29) is 17.6 Å². The van der Waals surface area contributed by atoms with Gasteiger partial charge in [0.2, 0.25) is 0 Å². The molecule has 2 saturated heterocycles. The van der Waals surface area contributed by atoms with Crippen LogP contribution in [-0.4, -0.2) is 77.3 Å². The third-order valence-electron chi connectivity index (χ3n) is 7.09. The van der Waals surface area contributed by atoms with Gasteiger partial charge in [-0.15, -0.1) is 11.3 Å². The number of nitrogens with zero attached hydrogens (tertiary/aromatic N) is 3. The third kappa shape index (κ3) is 5.16. The highest BCUT2D eigenvalue weighted by molar-refractivity contribution is 7.18.